The van der Waals surface area contributed by atoms with Crippen LogP contribution in [0.2, 0.25) is 0 Å². The molecule has 0 amide bonds. The first-order valence-corrected chi connectivity index (χ1v) is 16.4. The van der Waals surface area contributed by atoms with Gasteiger partial charge < -0.3 is 0 Å². The van der Waals surface area contributed by atoms with E-state index < -0.39 is 21.5 Å². The normalized spacial score (nSPS) is 10.2. The molecule has 0 aromatic heterocycles. The van der Waals surface area contributed by atoms with Crippen LogP contribution in [0.25, 0.3) is 0 Å². The zero-order chi connectivity index (χ0) is 11.5. The molecule has 0 radical (unpaired) electrons. The van der Waals surface area contributed by atoms with Crippen molar-refractivity contribution in [2.45, 2.75) is 0 Å². The van der Waals surface area contributed by atoms with Gasteiger partial charge >= 0.3 is 125 Å². The van der Waals surface area contributed by atoms with Crippen LogP contribution >= 0.6 is 40.2 Å². The predicted octanol–water partition coefficient (Wildman–Crippen LogP) is 3.56. The van der Waals surface area contributed by atoms with Gasteiger partial charge in [-0.15, -0.1) is 0 Å². The van der Waals surface area contributed by atoms with E-state index in [0.29, 0.717) is 0 Å². The Bertz CT molecular complexity index is 422. The van der Waals surface area contributed by atoms with Crippen molar-refractivity contribution in [2.75, 3.05) is 0 Å². The zero-order valence-electron chi connectivity index (χ0n) is 8.33. The van der Waals surface area contributed by atoms with E-state index >= 15 is 0 Å². The molecule has 4 heteroatoms. The molecular formula is C12H8Br2ClTl. The van der Waals surface area contributed by atoms with Gasteiger partial charge in [0.05, 0.1) is 0 Å². The number of hydrogen-bond donors (Lipinski definition) is 0. The van der Waals surface area contributed by atoms with Gasteiger partial charge in [0.1, 0.15) is 0 Å². The average Bonchev–Trinajstić information content (AvgIpc) is 2.30. The van der Waals surface area contributed by atoms with E-state index in [0.717, 1.165) is 8.95 Å². The Morgan fingerprint density at radius 3 is 1.31 bits per heavy atom. The van der Waals surface area contributed by atoms with E-state index in [1.807, 2.05) is 0 Å². The molecule has 0 heterocycles. The third kappa shape index (κ3) is 3.31. The second-order valence-corrected chi connectivity index (χ2v) is 17.1. The van der Waals surface area contributed by atoms with E-state index in [1.54, 1.807) is 0 Å². The number of benzene rings is 2. The summed E-state index contributed by atoms with van der Waals surface area (Å²) in [6.07, 6.45) is 0. The molecule has 0 saturated heterocycles. The Labute approximate surface area is 124 Å². The van der Waals surface area contributed by atoms with Gasteiger partial charge in [-0.3, -0.25) is 0 Å². The molecule has 0 nitrogen and oxygen atoms in total. The summed E-state index contributed by atoms with van der Waals surface area (Å²) in [5.74, 6) is 0. The first-order valence-electron chi connectivity index (χ1n) is 4.82. The van der Waals surface area contributed by atoms with Gasteiger partial charge in [0.2, 0.25) is 0 Å². The summed E-state index contributed by atoms with van der Waals surface area (Å²) in [6, 6.07) is 16.8. The summed E-state index contributed by atoms with van der Waals surface area (Å²) >= 11 is 4.48. The average molecular weight is 552 g/mol. The van der Waals surface area contributed by atoms with Crippen LogP contribution < -0.4 is 6.25 Å². The monoisotopic (exact) mass is 550 g/mol. The minimum atomic E-state index is -2.39. The van der Waals surface area contributed by atoms with Gasteiger partial charge in [-0.2, -0.15) is 0 Å². The van der Waals surface area contributed by atoms with Gasteiger partial charge in [-0.1, -0.05) is 0 Å². The molecule has 0 aliphatic rings. The molecule has 0 atom stereocenters. The standard InChI is InChI=1S/2C6H4Br.ClH.Tl/c2*7-6-4-2-1-3-5-6;;/h2*2-5H;1H;/q;;;+1/p-1. The van der Waals surface area contributed by atoms with Gasteiger partial charge in [0, 0.05) is 0 Å². The Morgan fingerprint density at radius 2 is 1.00 bits per heavy atom. The Kier molecular flexibility index (Phi) is 4.88. The molecule has 0 fully saturated rings. The predicted molar refractivity (Wildman–Crippen MR) is 79.2 cm³/mol. The van der Waals surface area contributed by atoms with E-state index in [1.165, 1.54) is 6.25 Å². The Morgan fingerprint density at radius 1 is 0.688 bits per heavy atom. The van der Waals surface area contributed by atoms with Crippen LogP contribution in [-0.4, -0.2) is 21.5 Å². The number of halogens is 3. The SMILES string of the molecule is [Cl][Tl]([c]1ccc(Br)cc1)[c]1ccc(Br)cc1. The molecular weight excluding hydrogens is 544 g/mol. The first kappa shape index (κ1) is 13.1. The van der Waals surface area contributed by atoms with Crippen molar-refractivity contribution in [1.82, 2.24) is 0 Å². The molecule has 0 aliphatic heterocycles. The molecule has 80 valence electrons. The van der Waals surface area contributed by atoms with Crippen LogP contribution in [0.4, 0.5) is 0 Å². The van der Waals surface area contributed by atoms with Crippen LogP contribution in [0, 0.1) is 0 Å². The van der Waals surface area contributed by atoms with Gasteiger partial charge in [-0.05, 0) is 0 Å². The summed E-state index contributed by atoms with van der Waals surface area (Å²) in [4.78, 5) is 0. The molecule has 2 rings (SSSR count). The summed E-state index contributed by atoms with van der Waals surface area (Å²) in [7, 11) is 6.63. The Balaban J connectivity index is 2.28. The topological polar surface area (TPSA) is 0 Å². The van der Waals surface area contributed by atoms with Crippen molar-refractivity contribution in [3.63, 3.8) is 0 Å². The third-order valence-corrected chi connectivity index (χ3v) is 15.3. The number of hydrogen-bond acceptors (Lipinski definition) is 0. The molecule has 0 bridgehead atoms. The quantitative estimate of drug-likeness (QED) is 0.501. The van der Waals surface area contributed by atoms with Crippen molar-refractivity contribution in [3.8, 4) is 0 Å². The second kappa shape index (κ2) is 5.98. The summed E-state index contributed by atoms with van der Waals surface area (Å²) in [5, 5.41) is 0. The first-order chi connectivity index (χ1) is 7.66. The van der Waals surface area contributed by atoms with Crippen LogP contribution in [0.1, 0.15) is 0 Å². The van der Waals surface area contributed by atoms with Crippen LogP contribution in [-0.2, 0) is 0 Å². The molecule has 0 saturated carbocycles. The van der Waals surface area contributed by atoms with Crippen LogP contribution in [0.3, 0.4) is 0 Å². The van der Waals surface area contributed by atoms with Gasteiger partial charge in [-0.25, -0.2) is 0 Å². The molecule has 2 aromatic carbocycles. The van der Waals surface area contributed by atoms with Gasteiger partial charge in [0.15, 0.2) is 0 Å². The zero-order valence-corrected chi connectivity index (χ0v) is 16.7. The minimum absolute atomic E-state index is 1.10. The van der Waals surface area contributed by atoms with Crippen molar-refractivity contribution in [2.24, 2.45) is 0 Å². The molecule has 0 aliphatic carbocycles. The third-order valence-electron chi connectivity index (χ3n) is 2.33. The van der Waals surface area contributed by atoms with Crippen molar-refractivity contribution >= 4 is 67.9 Å². The van der Waals surface area contributed by atoms with Crippen molar-refractivity contribution < 1.29 is 0 Å². The van der Waals surface area contributed by atoms with E-state index in [2.05, 4.69) is 80.4 Å². The maximum atomic E-state index is 6.63. The fourth-order valence-electron chi connectivity index (χ4n) is 1.46. The van der Waals surface area contributed by atoms with Gasteiger partial charge in [0.25, 0.3) is 0 Å². The molecule has 0 unspecified atom stereocenters. The van der Waals surface area contributed by atoms with E-state index in [9.17, 15) is 0 Å². The summed E-state index contributed by atoms with van der Waals surface area (Å²) < 4.78 is 4.85. The molecule has 0 spiro atoms. The maximum absolute atomic E-state index is 6.63. The fourth-order valence-corrected chi connectivity index (χ4v) is 10.2. The van der Waals surface area contributed by atoms with Crippen molar-refractivity contribution in [3.05, 3.63) is 57.5 Å². The summed E-state index contributed by atoms with van der Waals surface area (Å²) in [5.41, 5.74) is 0. The molecule has 0 N–H and O–H groups in total. The summed E-state index contributed by atoms with van der Waals surface area (Å²) in [6.45, 7) is 0. The number of rotatable bonds is 2. The molecule has 16 heavy (non-hydrogen) atoms. The van der Waals surface area contributed by atoms with Crippen LogP contribution in [0.15, 0.2) is 57.5 Å². The molecule has 2 aromatic rings. The van der Waals surface area contributed by atoms with E-state index in [4.69, 9.17) is 8.32 Å². The Hall–Kier alpha value is 0.612. The van der Waals surface area contributed by atoms with Crippen molar-refractivity contribution in [1.29, 1.82) is 0 Å². The van der Waals surface area contributed by atoms with Crippen LogP contribution in [0.5, 0.6) is 0 Å². The fraction of sp³-hybridized carbons (Fsp3) is 0. The second-order valence-electron chi connectivity index (χ2n) is 3.47. The van der Waals surface area contributed by atoms with E-state index in [-0.39, 0.29) is 0 Å².